The molecule has 0 amide bonds. The van der Waals surface area contributed by atoms with Crippen molar-refractivity contribution >= 4 is 11.8 Å². The largest absolute Gasteiger partial charge is 0.392 e. The molecule has 0 aliphatic heterocycles. The minimum atomic E-state index is -0.121. The summed E-state index contributed by atoms with van der Waals surface area (Å²) < 4.78 is 0. The number of hydrogen-bond donors (Lipinski definition) is 1. The SMILES string of the molecule is CC(C)CSCC(O)C1CC1c1ccccc1. The highest BCUT2D eigenvalue weighted by Gasteiger charge is 2.42. The van der Waals surface area contributed by atoms with Crippen LogP contribution in [0.2, 0.25) is 0 Å². The minimum absolute atomic E-state index is 0.121. The van der Waals surface area contributed by atoms with Gasteiger partial charge in [0.25, 0.3) is 0 Å². The Morgan fingerprint density at radius 1 is 1.24 bits per heavy atom. The van der Waals surface area contributed by atoms with E-state index in [2.05, 4.69) is 44.2 Å². The van der Waals surface area contributed by atoms with E-state index in [1.807, 2.05) is 11.8 Å². The molecule has 1 aromatic carbocycles. The Morgan fingerprint density at radius 2 is 1.94 bits per heavy atom. The molecule has 0 bridgehead atoms. The van der Waals surface area contributed by atoms with Crippen LogP contribution in [0.5, 0.6) is 0 Å². The van der Waals surface area contributed by atoms with Crippen molar-refractivity contribution in [2.45, 2.75) is 32.3 Å². The van der Waals surface area contributed by atoms with Gasteiger partial charge in [0.2, 0.25) is 0 Å². The van der Waals surface area contributed by atoms with Crippen LogP contribution in [0.25, 0.3) is 0 Å². The van der Waals surface area contributed by atoms with Gasteiger partial charge >= 0.3 is 0 Å². The normalized spacial score (nSPS) is 24.9. The molecule has 17 heavy (non-hydrogen) atoms. The van der Waals surface area contributed by atoms with Crippen molar-refractivity contribution in [3.05, 3.63) is 35.9 Å². The Kier molecular flexibility index (Phi) is 4.52. The first-order chi connectivity index (χ1) is 8.18. The summed E-state index contributed by atoms with van der Waals surface area (Å²) in [7, 11) is 0. The first kappa shape index (κ1) is 13.0. The number of aliphatic hydroxyl groups excluding tert-OH is 1. The Morgan fingerprint density at radius 3 is 2.59 bits per heavy atom. The maximum atomic E-state index is 10.1. The van der Waals surface area contributed by atoms with E-state index in [1.165, 1.54) is 5.56 Å². The lowest BCUT2D eigenvalue weighted by atomic mass is 10.1. The fourth-order valence-corrected chi connectivity index (χ4v) is 3.37. The van der Waals surface area contributed by atoms with E-state index in [-0.39, 0.29) is 6.10 Å². The van der Waals surface area contributed by atoms with E-state index in [0.717, 1.165) is 23.8 Å². The third-order valence-electron chi connectivity index (χ3n) is 3.30. The Bertz CT molecular complexity index is 336. The second-order valence-electron chi connectivity index (χ2n) is 5.42. The quantitative estimate of drug-likeness (QED) is 0.833. The first-order valence-electron chi connectivity index (χ1n) is 6.49. The molecule has 1 aliphatic rings. The number of rotatable bonds is 6. The lowest BCUT2D eigenvalue weighted by Gasteiger charge is -2.11. The van der Waals surface area contributed by atoms with Crippen molar-refractivity contribution in [1.29, 1.82) is 0 Å². The maximum Gasteiger partial charge on any atom is 0.0664 e. The van der Waals surface area contributed by atoms with Gasteiger partial charge in [0.1, 0.15) is 0 Å². The van der Waals surface area contributed by atoms with Crippen LogP contribution < -0.4 is 0 Å². The van der Waals surface area contributed by atoms with E-state index < -0.39 is 0 Å². The van der Waals surface area contributed by atoms with Gasteiger partial charge in [-0.05, 0) is 35.5 Å². The molecule has 94 valence electrons. The summed E-state index contributed by atoms with van der Waals surface area (Å²) >= 11 is 1.89. The van der Waals surface area contributed by atoms with E-state index in [0.29, 0.717) is 11.8 Å². The van der Waals surface area contributed by atoms with Gasteiger partial charge in [0.15, 0.2) is 0 Å². The van der Waals surface area contributed by atoms with Crippen LogP contribution >= 0.6 is 11.8 Å². The van der Waals surface area contributed by atoms with Crippen molar-refractivity contribution in [2.24, 2.45) is 11.8 Å². The molecule has 1 aromatic rings. The zero-order valence-electron chi connectivity index (χ0n) is 10.7. The second-order valence-corrected chi connectivity index (χ2v) is 6.49. The molecule has 1 nitrogen and oxygen atoms in total. The van der Waals surface area contributed by atoms with Gasteiger partial charge in [-0.15, -0.1) is 0 Å². The molecule has 2 heteroatoms. The van der Waals surface area contributed by atoms with Crippen LogP contribution in [0.1, 0.15) is 31.7 Å². The summed E-state index contributed by atoms with van der Waals surface area (Å²) in [4.78, 5) is 0. The molecular formula is C15H22OS. The van der Waals surface area contributed by atoms with Crippen LogP contribution in [0.4, 0.5) is 0 Å². The maximum absolute atomic E-state index is 10.1. The molecule has 1 saturated carbocycles. The molecule has 1 aliphatic carbocycles. The Labute approximate surface area is 109 Å². The number of benzene rings is 1. The van der Waals surface area contributed by atoms with Gasteiger partial charge in [-0.2, -0.15) is 11.8 Å². The number of hydrogen-bond acceptors (Lipinski definition) is 2. The minimum Gasteiger partial charge on any atom is -0.392 e. The monoisotopic (exact) mass is 250 g/mol. The molecule has 2 rings (SSSR count). The van der Waals surface area contributed by atoms with E-state index in [9.17, 15) is 5.11 Å². The third kappa shape index (κ3) is 3.75. The van der Waals surface area contributed by atoms with Crippen LogP contribution in [0, 0.1) is 11.8 Å². The van der Waals surface area contributed by atoms with Crippen molar-refractivity contribution < 1.29 is 5.11 Å². The average Bonchev–Trinajstić information content (AvgIpc) is 3.09. The predicted molar refractivity (Wildman–Crippen MR) is 75.5 cm³/mol. The molecule has 0 saturated heterocycles. The van der Waals surface area contributed by atoms with Crippen LogP contribution in [-0.2, 0) is 0 Å². The van der Waals surface area contributed by atoms with Gasteiger partial charge in [-0.25, -0.2) is 0 Å². The van der Waals surface area contributed by atoms with Gasteiger partial charge in [0, 0.05) is 5.75 Å². The molecular weight excluding hydrogens is 228 g/mol. The average molecular weight is 250 g/mol. The van der Waals surface area contributed by atoms with Crippen molar-refractivity contribution in [3.8, 4) is 0 Å². The molecule has 0 heterocycles. The second kappa shape index (κ2) is 5.92. The summed E-state index contributed by atoms with van der Waals surface area (Å²) in [6.45, 7) is 4.45. The van der Waals surface area contributed by atoms with E-state index in [1.54, 1.807) is 0 Å². The standard InChI is InChI=1S/C15H22OS/c1-11(2)9-17-10-15(16)14-8-13(14)12-6-4-3-5-7-12/h3-7,11,13-16H,8-10H2,1-2H3. The van der Waals surface area contributed by atoms with Crippen molar-refractivity contribution in [2.75, 3.05) is 11.5 Å². The van der Waals surface area contributed by atoms with Crippen molar-refractivity contribution in [1.82, 2.24) is 0 Å². The van der Waals surface area contributed by atoms with E-state index >= 15 is 0 Å². The van der Waals surface area contributed by atoms with E-state index in [4.69, 9.17) is 0 Å². The fraction of sp³-hybridized carbons (Fsp3) is 0.600. The van der Waals surface area contributed by atoms with Gasteiger partial charge in [0.05, 0.1) is 6.10 Å². The van der Waals surface area contributed by atoms with Gasteiger partial charge in [-0.3, -0.25) is 0 Å². The lowest BCUT2D eigenvalue weighted by Crippen LogP contribution is -2.14. The van der Waals surface area contributed by atoms with Crippen LogP contribution in [0.15, 0.2) is 30.3 Å². The highest BCUT2D eigenvalue weighted by Crippen LogP contribution is 2.49. The van der Waals surface area contributed by atoms with Crippen LogP contribution in [0.3, 0.4) is 0 Å². The van der Waals surface area contributed by atoms with Crippen molar-refractivity contribution in [3.63, 3.8) is 0 Å². The van der Waals surface area contributed by atoms with Gasteiger partial charge in [-0.1, -0.05) is 44.2 Å². The predicted octanol–water partition coefficient (Wildman–Crippen LogP) is 3.54. The zero-order chi connectivity index (χ0) is 12.3. The molecule has 0 radical (unpaired) electrons. The summed E-state index contributed by atoms with van der Waals surface area (Å²) in [5.74, 6) is 3.87. The molecule has 0 aromatic heterocycles. The summed E-state index contributed by atoms with van der Waals surface area (Å²) in [6.07, 6.45) is 1.04. The molecule has 3 unspecified atom stereocenters. The molecule has 0 spiro atoms. The topological polar surface area (TPSA) is 20.2 Å². The Hall–Kier alpha value is -0.470. The molecule has 1 N–H and O–H groups in total. The molecule has 1 fully saturated rings. The van der Waals surface area contributed by atoms with Crippen LogP contribution in [-0.4, -0.2) is 22.7 Å². The third-order valence-corrected chi connectivity index (χ3v) is 4.78. The summed E-state index contributed by atoms with van der Waals surface area (Å²) in [6, 6.07) is 10.6. The smallest absolute Gasteiger partial charge is 0.0664 e. The molecule has 3 atom stereocenters. The highest BCUT2D eigenvalue weighted by atomic mass is 32.2. The number of thioether (sulfide) groups is 1. The fourth-order valence-electron chi connectivity index (χ4n) is 2.27. The Balaban J connectivity index is 1.75. The first-order valence-corrected chi connectivity index (χ1v) is 7.64. The summed E-state index contributed by atoms with van der Waals surface area (Å²) in [5, 5.41) is 10.1. The number of aliphatic hydroxyl groups is 1. The summed E-state index contributed by atoms with van der Waals surface area (Å²) in [5.41, 5.74) is 1.39. The zero-order valence-corrected chi connectivity index (χ0v) is 11.5. The lowest BCUT2D eigenvalue weighted by molar-refractivity contribution is 0.173. The van der Waals surface area contributed by atoms with Gasteiger partial charge < -0.3 is 5.11 Å². The highest BCUT2D eigenvalue weighted by molar-refractivity contribution is 7.99.